The zero-order valence-electron chi connectivity index (χ0n) is 24.1. The number of hydrogen-bond donors (Lipinski definition) is 3. The van der Waals surface area contributed by atoms with Gasteiger partial charge in [0.2, 0.25) is 11.8 Å². The summed E-state index contributed by atoms with van der Waals surface area (Å²) in [5.74, 6) is -0.686. The third-order valence-electron chi connectivity index (χ3n) is 5.64. The normalized spacial score (nSPS) is 13.4. The van der Waals surface area contributed by atoms with Gasteiger partial charge in [0.15, 0.2) is 0 Å². The first-order valence-electron chi connectivity index (χ1n) is 13.0. The van der Waals surface area contributed by atoms with E-state index in [0.717, 1.165) is 5.56 Å². The van der Waals surface area contributed by atoms with Gasteiger partial charge in [-0.3, -0.25) is 9.59 Å². The Morgan fingerprint density at radius 3 is 2.08 bits per heavy atom. The molecule has 0 aliphatic rings. The van der Waals surface area contributed by atoms with E-state index < -0.39 is 41.3 Å². The fraction of sp³-hybridized carbons (Fsp3) is 0.500. The number of nitrogens with one attached hydrogen (secondary N) is 2. The number of hydrogen-bond acceptors (Lipinski definition) is 5. The van der Waals surface area contributed by atoms with Crippen LogP contribution >= 0.6 is 0 Å². The Kier molecular flexibility index (Phi) is 9.95. The molecule has 0 radical (unpaired) electrons. The Labute approximate surface area is 226 Å². The van der Waals surface area contributed by atoms with E-state index in [0.29, 0.717) is 11.1 Å². The first-order valence-corrected chi connectivity index (χ1v) is 13.0. The molecule has 0 saturated carbocycles. The van der Waals surface area contributed by atoms with Gasteiger partial charge in [-0.15, -0.1) is 0 Å². The van der Waals surface area contributed by atoms with Crippen LogP contribution in [-0.4, -0.2) is 51.1 Å². The molecule has 2 aromatic carbocycles. The monoisotopic (exact) mass is 525 g/mol. The van der Waals surface area contributed by atoms with E-state index in [9.17, 15) is 19.5 Å². The lowest BCUT2D eigenvalue weighted by molar-refractivity contribution is -0.145. The van der Waals surface area contributed by atoms with Crippen LogP contribution in [0.3, 0.4) is 0 Å². The summed E-state index contributed by atoms with van der Waals surface area (Å²) >= 11 is 0. The van der Waals surface area contributed by atoms with Crippen LogP contribution in [0.1, 0.15) is 78.1 Å². The van der Waals surface area contributed by atoms with Gasteiger partial charge in [0.1, 0.15) is 23.4 Å². The molecule has 0 fully saturated rings. The van der Waals surface area contributed by atoms with Gasteiger partial charge >= 0.3 is 6.09 Å². The smallest absolute Gasteiger partial charge is 0.408 e. The predicted molar refractivity (Wildman–Crippen MR) is 149 cm³/mol. The molecule has 2 atom stereocenters. The second-order valence-electron chi connectivity index (χ2n) is 11.9. The van der Waals surface area contributed by atoms with Crippen molar-refractivity contribution in [2.24, 2.45) is 0 Å². The third kappa shape index (κ3) is 9.08. The average Bonchev–Trinajstić information content (AvgIpc) is 2.76. The van der Waals surface area contributed by atoms with E-state index >= 15 is 0 Å². The fourth-order valence-electron chi connectivity index (χ4n) is 4.08. The maximum absolute atomic E-state index is 14.3. The minimum atomic E-state index is -1.00. The standard InChI is InChI=1S/C30H43N3O5/c1-19(2)33(25(26(35)32-29(4,5)6)22-15-16-24(34)20(3)17-22)27(36)23(18-21-13-11-10-12-14-21)31-28(37)38-30(7,8)9/h10-17,19,23,25,34H,18H2,1-9H3,(H,31,37)(H,32,35). The zero-order chi connectivity index (χ0) is 28.8. The van der Waals surface area contributed by atoms with Gasteiger partial charge in [0.05, 0.1) is 0 Å². The summed E-state index contributed by atoms with van der Waals surface area (Å²) in [6, 6.07) is 11.8. The number of carbonyl (C=O) groups is 3. The number of nitrogens with zero attached hydrogens (tertiary/aromatic N) is 1. The Morgan fingerprint density at radius 2 is 1.58 bits per heavy atom. The molecule has 0 heterocycles. The maximum atomic E-state index is 14.3. The van der Waals surface area contributed by atoms with E-state index in [-0.39, 0.29) is 18.1 Å². The Bertz CT molecular complexity index is 1120. The molecule has 0 aliphatic carbocycles. The van der Waals surface area contributed by atoms with Crippen LogP contribution in [0.2, 0.25) is 0 Å². The molecular formula is C30H43N3O5. The summed E-state index contributed by atoms with van der Waals surface area (Å²) in [6.07, 6.45) is -0.503. The lowest BCUT2D eigenvalue weighted by Gasteiger charge is -2.38. The minimum Gasteiger partial charge on any atom is -0.508 e. The van der Waals surface area contributed by atoms with Crippen molar-refractivity contribution in [3.63, 3.8) is 0 Å². The molecule has 3 N–H and O–H groups in total. The van der Waals surface area contributed by atoms with Gasteiger partial charge in [-0.1, -0.05) is 36.4 Å². The summed E-state index contributed by atoms with van der Waals surface area (Å²) in [6.45, 7) is 16.3. The molecule has 0 bridgehead atoms. The number of phenolic OH excluding ortho intramolecular Hbond substituents is 1. The lowest BCUT2D eigenvalue weighted by Crippen LogP contribution is -2.57. The molecule has 3 amide bonds. The molecule has 0 saturated heterocycles. The molecule has 0 spiro atoms. The Morgan fingerprint density at radius 1 is 0.974 bits per heavy atom. The molecule has 38 heavy (non-hydrogen) atoms. The van der Waals surface area contributed by atoms with Crippen LogP contribution in [0, 0.1) is 6.92 Å². The van der Waals surface area contributed by atoms with E-state index in [1.54, 1.807) is 39.8 Å². The summed E-state index contributed by atoms with van der Waals surface area (Å²) < 4.78 is 5.46. The summed E-state index contributed by atoms with van der Waals surface area (Å²) in [4.78, 5) is 42.3. The average molecular weight is 526 g/mol. The maximum Gasteiger partial charge on any atom is 0.408 e. The van der Waals surface area contributed by atoms with Crippen LogP contribution in [0.5, 0.6) is 5.75 Å². The van der Waals surface area contributed by atoms with E-state index in [2.05, 4.69) is 10.6 Å². The molecule has 0 aromatic heterocycles. The number of benzene rings is 2. The number of aryl methyl sites for hydroxylation is 1. The highest BCUT2D eigenvalue weighted by atomic mass is 16.6. The number of amides is 3. The zero-order valence-corrected chi connectivity index (χ0v) is 24.1. The largest absolute Gasteiger partial charge is 0.508 e. The number of alkyl carbamates (subject to hydrolysis) is 1. The molecule has 8 nitrogen and oxygen atoms in total. The lowest BCUT2D eigenvalue weighted by atomic mass is 9.96. The van der Waals surface area contributed by atoms with Crippen molar-refractivity contribution in [1.29, 1.82) is 0 Å². The van der Waals surface area contributed by atoms with Crippen LogP contribution in [0.25, 0.3) is 0 Å². The number of rotatable bonds is 8. The summed E-state index contributed by atoms with van der Waals surface area (Å²) in [7, 11) is 0. The Balaban J connectivity index is 2.58. The highest BCUT2D eigenvalue weighted by Crippen LogP contribution is 2.29. The van der Waals surface area contributed by atoms with Gasteiger partial charge in [-0.05, 0) is 91.1 Å². The van der Waals surface area contributed by atoms with Crippen molar-refractivity contribution >= 4 is 17.9 Å². The molecule has 2 rings (SSSR count). The Hall–Kier alpha value is -3.55. The van der Waals surface area contributed by atoms with Crippen molar-refractivity contribution < 1.29 is 24.2 Å². The first-order chi connectivity index (χ1) is 17.5. The van der Waals surface area contributed by atoms with Crippen LogP contribution in [-0.2, 0) is 20.7 Å². The first kappa shape index (κ1) is 30.7. The highest BCUT2D eigenvalue weighted by Gasteiger charge is 2.39. The molecule has 8 heteroatoms. The second-order valence-corrected chi connectivity index (χ2v) is 11.9. The van der Waals surface area contributed by atoms with Gasteiger partial charge in [0, 0.05) is 18.0 Å². The van der Waals surface area contributed by atoms with Gasteiger partial charge in [-0.25, -0.2) is 4.79 Å². The fourth-order valence-corrected chi connectivity index (χ4v) is 4.08. The number of ether oxygens (including phenoxy) is 1. The molecule has 2 aromatic rings. The summed E-state index contributed by atoms with van der Waals surface area (Å²) in [5.41, 5.74) is 0.688. The molecule has 0 aliphatic heterocycles. The van der Waals surface area contributed by atoms with E-state index in [1.165, 1.54) is 11.0 Å². The van der Waals surface area contributed by atoms with Gasteiger partial charge in [-0.2, -0.15) is 0 Å². The SMILES string of the molecule is Cc1cc(C(C(=O)NC(C)(C)C)N(C(=O)C(Cc2ccccc2)NC(=O)OC(C)(C)C)C(C)C)ccc1O. The molecule has 2 unspecified atom stereocenters. The second kappa shape index (κ2) is 12.3. The molecular weight excluding hydrogens is 482 g/mol. The van der Waals surface area contributed by atoms with Crippen molar-refractivity contribution in [2.45, 2.75) is 98.0 Å². The van der Waals surface area contributed by atoms with Crippen molar-refractivity contribution in [1.82, 2.24) is 15.5 Å². The van der Waals surface area contributed by atoms with E-state index in [1.807, 2.05) is 65.0 Å². The highest BCUT2D eigenvalue weighted by molar-refractivity contribution is 5.92. The van der Waals surface area contributed by atoms with Crippen molar-refractivity contribution in [3.05, 3.63) is 65.2 Å². The van der Waals surface area contributed by atoms with Crippen LogP contribution in [0.4, 0.5) is 4.79 Å². The molecule has 208 valence electrons. The van der Waals surface area contributed by atoms with Crippen LogP contribution in [0.15, 0.2) is 48.5 Å². The van der Waals surface area contributed by atoms with Crippen molar-refractivity contribution in [3.8, 4) is 5.75 Å². The number of carbonyl (C=O) groups excluding carboxylic acids is 3. The summed E-state index contributed by atoms with van der Waals surface area (Å²) in [5, 5.41) is 15.9. The quantitative estimate of drug-likeness (QED) is 0.448. The third-order valence-corrected chi connectivity index (χ3v) is 5.64. The number of aromatic hydroxyl groups is 1. The van der Waals surface area contributed by atoms with E-state index in [4.69, 9.17) is 4.74 Å². The topological polar surface area (TPSA) is 108 Å². The van der Waals surface area contributed by atoms with Crippen LogP contribution < -0.4 is 10.6 Å². The van der Waals surface area contributed by atoms with Crippen molar-refractivity contribution in [2.75, 3.05) is 0 Å². The minimum absolute atomic E-state index is 0.0969. The predicted octanol–water partition coefficient (Wildman–Crippen LogP) is 5.03. The number of phenols is 1. The van der Waals surface area contributed by atoms with Gasteiger partial charge < -0.3 is 25.4 Å². The van der Waals surface area contributed by atoms with Gasteiger partial charge in [0.25, 0.3) is 0 Å².